The van der Waals surface area contributed by atoms with Gasteiger partial charge in [-0.2, -0.15) is 5.26 Å². The van der Waals surface area contributed by atoms with Crippen LogP contribution in [0.2, 0.25) is 0 Å². The SMILES string of the molecule is N#Cc1cc(CC(=O)O)cc(CCl)c1F. The molecule has 0 unspecified atom stereocenters. The number of nitrogens with zero attached hydrogens (tertiary/aromatic N) is 1. The summed E-state index contributed by atoms with van der Waals surface area (Å²) >= 11 is 5.47. The van der Waals surface area contributed by atoms with Crippen LogP contribution in [0.3, 0.4) is 0 Å². The molecule has 0 fully saturated rings. The molecule has 0 aliphatic carbocycles. The molecular formula is C10H7ClFNO2. The highest BCUT2D eigenvalue weighted by atomic mass is 35.5. The number of carboxylic acids is 1. The Morgan fingerprint density at radius 3 is 2.73 bits per heavy atom. The molecule has 1 N–H and O–H groups in total. The largest absolute Gasteiger partial charge is 0.481 e. The molecule has 1 aromatic rings. The van der Waals surface area contributed by atoms with E-state index in [4.69, 9.17) is 22.0 Å². The zero-order chi connectivity index (χ0) is 11.4. The van der Waals surface area contributed by atoms with Crippen LogP contribution in [-0.4, -0.2) is 11.1 Å². The smallest absolute Gasteiger partial charge is 0.307 e. The van der Waals surface area contributed by atoms with Gasteiger partial charge in [-0.05, 0) is 11.6 Å². The van der Waals surface area contributed by atoms with Crippen LogP contribution in [-0.2, 0) is 17.1 Å². The number of aliphatic carboxylic acids is 1. The Hall–Kier alpha value is -1.60. The molecular weight excluding hydrogens is 221 g/mol. The summed E-state index contributed by atoms with van der Waals surface area (Å²) in [5, 5.41) is 17.2. The Morgan fingerprint density at radius 1 is 1.60 bits per heavy atom. The van der Waals surface area contributed by atoms with E-state index in [-0.39, 0.29) is 23.4 Å². The molecule has 3 nitrogen and oxygen atoms in total. The molecule has 0 atom stereocenters. The van der Waals surface area contributed by atoms with Crippen LogP contribution in [0.15, 0.2) is 12.1 Å². The Kier molecular flexibility index (Phi) is 3.64. The van der Waals surface area contributed by atoms with E-state index in [0.29, 0.717) is 5.56 Å². The molecule has 0 saturated carbocycles. The minimum Gasteiger partial charge on any atom is -0.481 e. The van der Waals surface area contributed by atoms with E-state index < -0.39 is 11.8 Å². The first kappa shape index (κ1) is 11.5. The minimum atomic E-state index is -1.04. The minimum absolute atomic E-state index is 0.0893. The Morgan fingerprint density at radius 2 is 2.27 bits per heavy atom. The summed E-state index contributed by atoms with van der Waals surface area (Å²) in [6.45, 7) is 0. The maximum Gasteiger partial charge on any atom is 0.307 e. The molecule has 5 heteroatoms. The summed E-state index contributed by atoms with van der Waals surface area (Å²) in [5.74, 6) is -1.80. The van der Waals surface area contributed by atoms with E-state index in [1.807, 2.05) is 0 Å². The third-order valence-electron chi connectivity index (χ3n) is 1.83. The molecule has 0 heterocycles. The van der Waals surface area contributed by atoms with Crippen LogP contribution in [0.5, 0.6) is 0 Å². The van der Waals surface area contributed by atoms with Crippen LogP contribution < -0.4 is 0 Å². The monoisotopic (exact) mass is 227 g/mol. The number of alkyl halides is 1. The van der Waals surface area contributed by atoms with E-state index in [2.05, 4.69) is 0 Å². The fourth-order valence-corrected chi connectivity index (χ4v) is 1.40. The van der Waals surface area contributed by atoms with E-state index in [0.717, 1.165) is 0 Å². The Bertz CT molecular complexity index is 440. The van der Waals surface area contributed by atoms with Crippen molar-refractivity contribution in [3.05, 3.63) is 34.6 Å². The zero-order valence-electron chi connectivity index (χ0n) is 7.63. The molecule has 78 valence electrons. The number of carbonyl (C=O) groups is 1. The average molecular weight is 228 g/mol. The standard InChI is InChI=1S/C10H7ClFNO2/c11-4-7-1-6(3-9(14)15)2-8(5-13)10(7)12/h1-2H,3-4H2,(H,14,15). The van der Waals surface area contributed by atoms with Crippen molar-refractivity contribution < 1.29 is 14.3 Å². The topological polar surface area (TPSA) is 61.1 Å². The van der Waals surface area contributed by atoms with Crippen molar-refractivity contribution in [3.8, 4) is 6.07 Å². The number of rotatable bonds is 3. The molecule has 1 aromatic carbocycles. The lowest BCUT2D eigenvalue weighted by molar-refractivity contribution is -0.136. The highest BCUT2D eigenvalue weighted by Gasteiger charge is 2.11. The first-order valence-corrected chi connectivity index (χ1v) is 4.61. The van der Waals surface area contributed by atoms with Gasteiger partial charge in [-0.25, -0.2) is 4.39 Å². The zero-order valence-corrected chi connectivity index (χ0v) is 8.38. The molecule has 0 spiro atoms. The predicted molar refractivity (Wildman–Crippen MR) is 52.0 cm³/mol. The number of carboxylic acid groups (broad SMARTS) is 1. The second-order valence-electron chi connectivity index (χ2n) is 2.93. The summed E-state index contributed by atoms with van der Waals surface area (Å²) in [6.07, 6.45) is -0.251. The van der Waals surface area contributed by atoms with Crippen LogP contribution in [0, 0.1) is 17.1 Å². The van der Waals surface area contributed by atoms with Gasteiger partial charge in [-0.15, -0.1) is 11.6 Å². The third kappa shape index (κ3) is 2.67. The van der Waals surface area contributed by atoms with Crippen molar-refractivity contribution in [1.82, 2.24) is 0 Å². The molecule has 0 bridgehead atoms. The Balaban J connectivity index is 3.22. The van der Waals surface area contributed by atoms with Crippen LogP contribution >= 0.6 is 11.6 Å². The van der Waals surface area contributed by atoms with Gasteiger partial charge < -0.3 is 5.11 Å². The van der Waals surface area contributed by atoms with E-state index >= 15 is 0 Å². The number of hydrogen-bond donors (Lipinski definition) is 1. The maximum atomic E-state index is 13.3. The van der Waals surface area contributed by atoms with Gasteiger partial charge in [0.1, 0.15) is 11.9 Å². The fraction of sp³-hybridized carbons (Fsp3) is 0.200. The number of halogens is 2. The van der Waals surface area contributed by atoms with E-state index in [1.54, 1.807) is 6.07 Å². The van der Waals surface area contributed by atoms with Gasteiger partial charge in [0.25, 0.3) is 0 Å². The number of benzene rings is 1. The van der Waals surface area contributed by atoms with Crippen molar-refractivity contribution in [1.29, 1.82) is 5.26 Å². The highest BCUT2D eigenvalue weighted by Crippen LogP contribution is 2.18. The van der Waals surface area contributed by atoms with Crippen molar-refractivity contribution in [3.63, 3.8) is 0 Å². The lowest BCUT2D eigenvalue weighted by Gasteiger charge is -2.04. The van der Waals surface area contributed by atoms with Gasteiger partial charge >= 0.3 is 5.97 Å². The molecule has 0 aromatic heterocycles. The van der Waals surface area contributed by atoms with Gasteiger partial charge in [0.05, 0.1) is 17.9 Å². The summed E-state index contributed by atoms with van der Waals surface area (Å²) in [6, 6.07) is 4.24. The van der Waals surface area contributed by atoms with Crippen LogP contribution in [0.1, 0.15) is 16.7 Å². The quantitative estimate of drug-likeness (QED) is 0.804. The molecule has 0 radical (unpaired) electrons. The molecule has 0 aliphatic rings. The number of nitriles is 1. The lowest BCUT2D eigenvalue weighted by Crippen LogP contribution is -2.03. The van der Waals surface area contributed by atoms with Crippen molar-refractivity contribution in [2.24, 2.45) is 0 Å². The van der Waals surface area contributed by atoms with Crippen molar-refractivity contribution >= 4 is 17.6 Å². The van der Waals surface area contributed by atoms with Crippen LogP contribution in [0.25, 0.3) is 0 Å². The van der Waals surface area contributed by atoms with Crippen molar-refractivity contribution in [2.75, 3.05) is 0 Å². The molecule has 0 amide bonds. The molecule has 15 heavy (non-hydrogen) atoms. The van der Waals surface area contributed by atoms with Gasteiger partial charge in [0.2, 0.25) is 0 Å². The second kappa shape index (κ2) is 4.76. The van der Waals surface area contributed by atoms with E-state index in [1.165, 1.54) is 12.1 Å². The summed E-state index contributed by atoms with van der Waals surface area (Å²) in [5.41, 5.74) is 0.340. The maximum absolute atomic E-state index is 13.3. The first-order valence-electron chi connectivity index (χ1n) is 4.07. The second-order valence-corrected chi connectivity index (χ2v) is 3.20. The van der Waals surface area contributed by atoms with Gasteiger partial charge in [-0.1, -0.05) is 6.07 Å². The normalized spacial score (nSPS) is 9.67. The lowest BCUT2D eigenvalue weighted by atomic mass is 10.0. The van der Waals surface area contributed by atoms with Gasteiger partial charge in [0.15, 0.2) is 0 Å². The van der Waals surface area contributed by atoms with Crippen molar-refractivity contribution in [2.45, 2.75) is 12.3 Å². The summed E-state index contributed by atoms with van der Waals surface area (Å²) in [7, 11) is 0. The van der Waals surface area contributed by atoms with E-state index in [9.17, 15) is 9.18 Å². The summed E-state index contributed by atoms with van der Waals surface area (Å²) < 4.78 is 13.3. The highest BCUT2D eigenvalue weighted by molar-refractivity contribution is 6.17. The molecule has 0 saturated heterocycles. The third-order valence-corrected chi connectivity index (χ3v) is 2.12. The molecule has 0 aliphatic heterocycles. The first-order chi connectivity index (χ1) is 7.08. The average Bonchev–Trinajstić information content (AvgIpc) is 2.19. The van der Waals surface area contributed by atoms with Gasteiger partial charge in [-0.3, -0.25) is 4.79 Å². The Labute approximate surface area is 90.7 Å². The summed E-state index contributed by atoms with van der Waals surface area (Å²) in [4.78, 5) is 10.4. The van der Waals surface area contributed by atoms with Gasteiger partial charge in [0, 0.05) is 5.56 Å². The predicted octanol–water partition coefficient (Wildman–Crippen LogP) is 2.06. The fourth-order valence-electron chi connectivity index (χ4n) is 1.21. The van der Waals surface area contributed by atoms with Crippen LogP contribution in [0.4, 0.5) is 4.39 Å². The molecule has 1 rings (SSSR count). The number of hydrogen-bond acceptors (Lipinski definition) is 2.